The number of anilines is 1. The molecule has 1 heterocycles. The maximum atomic E-state index is 12.0. The van der Waals surface area contributed by atoms with Gasteiger partial charge in [-0.2, -0.15) is 0 Å². The summed E-state index contributed by atoms with van der Waals surface area (Å²) in [6.45, 7) is 2.86. The number of aryl methyl sites for hydroxylation is 1. The van der Waals surface area contributed by atoms with Gasteiger partial charge in [0.1, 0.15) is 0 Å². The number of rotatable bonds is 2. The van der Waals surface area contributed by atoms with Crippen LogP contribution in [0.15, 0.2) is 18.2 Å². The monoisotopic (exact) mass is 252 g/mol. The van der Waals surface area contributed by atoms with Crippen molar-refractivity contribution in [1.29, 1.82) is 0 Å². The van der Waals surface area contributed by atoms with Crippen LogP contribution in [0.2, 0.25) is 5.02 Å². The van der Waals surface area contributed by atoms with E-state index in [1.807, 2.05) is 19.1 Å². The van der Waals surface area contributed by atoms with Gasteiger partial charge in [0.25, 0.3) is 0 Å². The van der Waals surface area contributed by atoms with Crippen LogP contribution in [0.5, 0.6) is 0 Å². The van der Waals surface area contributed by atoms with E-state index in [0.717, 1.165) is 37.1 Å². The van der Waals surface area contributed by atoms with Crippen molar-refractivity contribution in [3.05, 3.63) is 28.8 Å². The number of piperidine rings is 1. The number of carbonyl (C=O) groups is 1. The third kappa shape index (κ3) is 2.99. The summed E-state index contributed by atoms with van der Waals surface area (Å²) >= 11 is 6.08. The van der Waals surface area contributed by atoms with Crippen molar-refractivity contribution in [3.63, 3.8) is 0 Å². The summed E-state index contributed by atoms with van der Waals surface area (Å²) < 4.78 is 0. The highest BCUT2D eigenvalue weighted by Gasteiger charge is 2.21. The molecule has 2 rings (SSSR count). The second kappa shape index (κ2) is 5.52. The molecule has 17 heavy (non-hydrogen) atoms. The van der Waals surface area contributed by atoms with E-state index in [1.54, 1.807) is 6.07 Å². The van der Waals surface area contributed by atoms with Crippen LogP contribution in [0, 0.1) is 6.92 Å². The Balaban J connectivity index is 2.07. The molecule has 1 atom stereocenters. The van der Waals surface area contributed by atoms with Crippen molar-refractivity contribution in [1.82, 2.24) is 5.32 Å². The fourth-order valence-corrected chi connectivity index (χ4v) is 2.35. The van der Waals surface area contributed by atoms with Gasteiger partial charge in [-0.1, -0.05) is 30.2 Å². The third-order valence-electron chi connectivity index (χ3n) is 3.10. The molecule has 0 saturated carbocycles. The standard InChI is InChI=1S/C13H17ClN2O/c1-9-5-4-6-10(14)12(9)16-13(17)11-7-2-3-8-15-11/h4-6,11,15H,2-3,7-8H2,1H3,(H,16,17)/t11-/m1/s1. The van der Waals surface area contributed by atoms with E-state index < -0.39 is 0 Å². The average molecular weight is 253 g/mol. The zero-order chi connectivity index (χ0) is 12.3. The highest BCUT2D eigenvalue weighted by Crippen LogP contribution is 2.25. The van der Waals surface area contributed by atoms with Gasteiger partial charge in [0.2, 0.25) is 5.91 Å². The summed E-state index contributed by atoms with van der Waals surface area (Å²) in [4.78, 5) is 12.0. The van der Waals surface area contributed by atoms with Crippen molar-refractivity contribution in [2.75, 3.05) is 11.9 Å². The smallest absolute Gasteiger partial charge is 0.241 e. The maximum absolute atomic E-state index is 12.0. The van der Waals surface area contributed by atoms with Crippen LogP contribution in [0.1, 0.15) is 24.8 Å². The lowest BCUT2D eigenvalue weighted by molar-refractivity contribution is -0.118. The van der Waals surface area contributed by atoms with Crippen LogP contribution >= 0.6 is 11.6 Å². The molecule has 0 spiro atoms. The van der Waals surface area contributed by atoms with Crippen molar-refractivity contribution < 1.29 is 4.79 Å². The van der Waals surface area contributed by atoms with Gasteiger partial charge in [0, 0.05) is 0 Å². The van der Waals surface area contributed by atoms with Gasteiger partial charge in [-0.3, -0.25) is 4.79 Å². The highest BCUT2D eigenvalue weighted by atomic mass is 35.5. The summed E-state index contributed by atoms with van der Waals surface area (Å²) in [5, 5.41) is 6.73. The van der Waals surface area contributed by atoms with Crippen LogP contribution < -0.4 is 10.6 Å². The van der Waals surface area contributed by atoms with Gasteiger partial charge in [0.15, 0.2) is 0 Å². The van der Waals surface area contributed by atoms with Crippen LogP contribution in [0.4, 0.5) is 5.69 Å². The van der Waals surface area contributed by atoms with Crippen LogP contribution in [0.3, 0.4) is 0 Å². The first-order chi connectivity index (χ1) is 8.18. The molecule has 0 unspecified atom stereocenters. The number of amides is 1. The Hall–Kier alpha value is -1.06. The van der Waals surface area contributed by atoms with Gasteiger partial charge in [-0.05, 0) is 37.9 Å². The number of hydrogen-bond donors (Lipinski definition) is 2. The van der Waals surface area contributed by atoms with E-state index in [-0.39, 0.29) is 11.9 Å². The summed E-state index contributed by atoms with van der Waals surface area (Å²) in [6, 6.07) is 5.53. The predicted molar refractivity (Wildman–Crippen MR) is 70.5 cm³/mol. The molecule has 2 N–H and O–H groups in total. The highest BCUT2D eigenvalue weighted by molar-refractivity contribution is 6.34. The summed E-state index contributed by atoms with van der Waals surface area (Å²) in [5.74, 6) is 0.0147. The van der Waals surface area contributed by atoms with Gasteiger partial charge < -0.3 is 10.6 Å². The number of nitrogens with one attached hydrogen (secondary N) is 2. The molecule has 0 aliphatic carbocycles. The Morgan fingerprint density at radius 2 is 2.29 bits per heavy atom. The number of halogens is 1. The van der Waals surface area contributed by atoms with Crippen molar-refractivity contribution >= 4 is 23.2 Å². The Labute approximate surface area is 107 Å². The lowest BCUT2D eigenvalue weighted by Gasteiger charge is -2.23. The van der Waals surface area contributed by atoms with E-state index in [9.17, 15) is 4.79 Å². The SMILES string of the molecule is Cc1cccc(Cl)c1NC(=O)[C@H]1CCCCN1. The third-order valence-corrected chi connectivity index (χ3v) is 3.41. The number of benzene rings is 1. The summed E-state index contributed by atoms with van der Waals surface area (Å²) in [6.07, 6.45) is 3.15. The van der Waals surface area contributed by atoms with Crippen molar-refractivity contribution in [2.45, 2.75) is 32.2 Å². The van der Waals surface area contributed by atoms with Crippen LogP contribution in [0.25, 0.3) is 0 Å². The summed E-state index contributed by atoms with van der Waals surface area (Å²) in [5.41, 5.74) is 1.72. The zero-order valence-corrected chi connectivity index (χ0v) is 10.7. The molecule has 1 amide bonds. The van der Waals surface area contributed by atoms with Gasteiger partial charge in [-0.25, -0.2) is 0 Å². The quantitative estimate of drug-likeness (QED) is 0.850. The van der Waals surface area contributed by atoms with E-state index in [2.05, 4.69) is 10.6 Å². The Morgan fingerprint density at radius 3 is 2.94 bits per heavy atom. The molecule has 92 valence electrons. The molecule has 1 fully saturated rings. The van der Waals surface area contributed by atoms with E-state index in [4.69, 9.17) is 11.6 Å². The molecule has 3 nitrogen and oxygen atoms in total. The first-order valence-electron chi connectivity index (χ1n) is 5.98. The molecule has 0 aromatic heterocycles. The second-order valence-corrected chi connectivity index (χ2v) is 4.83. The predicted octanol–water partition coefficient (Wildman–Crippen LogP) is 2.73. The lowest BCUT2D eigenvalue weighted by atomic mass is 10.0. The van der Waals surface area contributed by atoms with Gasteiger partial charge in [-0.15, -0.1) is 0 Å². The number of para-hydroxylation sites is 1. The van der Waals surface area contributed by atoms with Crippen molar-refractivity contribution in [2.24, 2.45) is 0 Å². The minimum atomic E-state index is -0.0839. The molecule has 1 aromatic carbocycles. The molecule has 1 saturated heterocycles. The normalized spacial score (nSPS) is 20.0. The van der Waals surface area contributed by atoms with Crippen LogP contribution in [-0.4, -0.2) is 18.5 Å². The minimum absolute atomic E-state index is 0.0147. The average Bonchev–Trinajstić information content (AvgIpc) is 2.35. The zero-order valence-electron chi connectivity index (χ0n) is 9.92. The first kappa shape index (κ1) is 12.4. The van der Waals surface area contributed by atoms with Crippen LogP contribution in [-0.2, 0) is 4.79 Å². The fraction of sp³-hybridized carbons (Fsp3) is 0.462. The molecule has 4 heteroatoms. The molecule has 1 aliphatic rings. The molecule has 1 aliphatic heterocycles. The number of hydrogen-bond acceptors (Lipinski definition) is 2. The first-order valence-corrected chi connectivity index (χ1v) is 6.35. The largest absolute Gasteiger partial charge is 0.323 e. The fourth-order valence-electron chi connectivity index (χ4n) is 2.08. The van der Waals surface area contributed by atoms with Crippen molar-refractivity contribution in [3.8, 4) is 0 Å². The maximum Gasteiger partial charge on any atom is 0.241 e. The Kier molecular flexibility index (Phi) is 4.02. The topological polar surface area (TPSA) is 41.1 Å². The lowest BCUT2D eigenvalue weighted by Crippen LogP contribution is -2.43. The van der Waals surface area contributed by atoms with Gasteiger partial charge >= 0.3 is 0 Å². The number of carbonyl (C=O) groups excluding carboxylic acids is 1. The Bertz CT molecular complexity index is 394. The Morgan fingerprint density at radius 1 is 1.47 bits per heavy atom. The second-order valence-electron chi connectivity index (χ2n) is 4.42. The van der Waals surface area contributed by atoms with E-state index >= 15 is 0 Å². The molecule has 0 radical (unpaired) electrons. The minimum Gasteiger partial charge on any atom is -0.323 e. The van der Waals surface area contributed by atoms with E-state index in [1.165, 1.54) is 0 Å². The molecular weight excluding hydrogens is 236 g/mol. The molecule has 0 bridgehead atoms. The molecule has 1 aromatic rings. The molecular formula is C13H17ClN2O. The summed E-state index contributed by atoms with van der Waals surface area (Å²) in [7, 11) is 0. The van der Waals surface area contributed by atoms with Gasteiger partial charge in [0.05, 0.1) is 16.8 Å². The van der Waals surface area contributed by atoms with E-state index in [0.29, 0.717) is 5.02 Å².